The first-order valence-corrected chi connectivity index (χ1v) is 9.76. The lowest BCUT2D eigenvalue weighted by Gasteiger charge is -2.44. The average Bonchev–Trinajstić information content (AvgIpc) is 2.61. The van der Waals surface area contributed by atoms with Gasteiger partial charge in [-0.1, -0.05) is 30.3 Å². The summed E-state index contributed by atoms with van der Waals surface area (Å²) in [7, 11) is 0. The maximum Gasteiger partial charge on any atom is 0.408 e. The molecule has 3 fully saturated rings. The van der Waals surface area contributed by atoms with Gasteiger partial charge in [0.05, 0.1) is 0 Å². The van der Waals surface area contributed by atoms with Gasteiger partial charge in [-0.05, 0) is 58.2 Å². The topological polar surface area (TPSA) is 67.9 Å². The van der Waals surface area contributed by atoms with Crippen molar-refractivity contribution in [3.05, 3.63) is 35.9 Å². The van der Waals surface area contributed by atoms with Crippen LogP contribution >= 0.6 is 0 Å². The number of carbonyl (C=O) groups excluding carboxylic acids is 2. The Kier molecular flexibility index (Phi) is 6.05. The molecule has 0 aliphatic carbocycles. The fourth-order valence-electron chi connectivity index (χ4n) is 3.77. The molecule has 0 radical (unpaired) electrons. The minimum Gasteiger partial charge on any atom is -0.459 e. The monoisotopic (exact) mass is 374 g/mol. The highest BCUT2D eigenvalue weighted by Gasteiger charge is 2.38. The molecular weight excluding hydrogens is 344 g/mol. The van der Waals surface area contributed by atoms with Gasteiger partial charge < -0.3 is 14.8 Å². The van der Waals surface area contributed by atoms with Crippen LogP contribution < -0.4 is 5.32 Å². The number of rotatable bonds is 5. The number of nitrogens with zero attached hydrogens (tertiary/aromatic N) is 1. The number of hydrogen-bond donors (Lipinski definition) is 1. The third-order valence-electron chi connectivity index (χ3n) is 5.12. The van der Waals surface area contributed by atoms with Gasteiger partial charge in [0.1, 0.15) is 17.7 Å². The predicted molar refractivity (Wildman–Crippen MR) is 102 cm³/mol. The molecule has 1 amide bonds. The quantitative estimate of drug-likeness (QED) is 0.803. The van der Waals surface area contributed by atoms with E-state index in [1.54, 1.807) is 20.8 Å². The average molecular weight is 374 g/mol. The van der Waals surface area contributed by atoms with Gasteiger partial charge in [0.25, 0.3) is 0 Å². The molecule has 3 aliphatic heterocycles. The lowest BCUT2D eigenvalue weighted by Crippen LogP contribution is -2.54. The number of fused-ring (bicyclic) bond motifs is 3. The molecule has 2 bridgehead atoms. The van der Waals surface area contributed by atoms with Gasteiger partial charge in [0, 0.05) is 13.0 Å². The lowest BCUT2D eigenvalue weighted by molar-refractivity contribution is -0.161. The highest BCUT2D eigenvalue weighted by Crippen LogP contribution is 2.29. The van der Waals surface area contributed by atoms with Crippen molar-refractivity contribution in [1.29, 1.82) is 0 Å². The van der Waals surface area contributed by atoms with Crippen LogP contribution in [0.2, 0.25) is 0 Å². The Morgan fingerprint density at radius 1 is 1.19 bits per heavy atom. The minimum atomic E-state index is -0.766. The number of hydrogen-bond acceptors (Lipinski definition) is 5. The van der Waals surface area contributed by atoms with Gasteiger partial charge in [0.2, 0.25) is 0 Å². The molecule has 6 heteroatoms. The Morgan fingerprint density at radius 2 is 1.85 bits per heavy atom. The maximum absolute atomic E-state index is 12.9. The Morgan fingerprint density at radius 3 is 2.41 bits per heavy atom. The number of alkyl carbamates (subject to hydrolysis) is 1. The zero-order valence-corrected chi connectivity index (χ0v) is 16.4. The Labute approximate surface area is 161 Å². The molecule has 0 unspecified atom stereocenters. The first-order chi connectivity index (χ1) is 12.8. The van der Waals surface area contributed by atoms with Crippen LogP contribution in [0.25, 0.3) is 0 Å². The summed E-state index contributed by atoms with van der Waals surface area (Å²) in [6.07, 6.45) is 1.83. The van der Waals surface area contributed by atoms with Crippen LogP contribution in [-0.2, 0) is 20.7 Å². The van der Waals surface area contributed by atoms with Crippen molar-refractivity contribution in [3.63, 3.8) is 0 Å². The molecule has 0 saturated carbocycles. The van der Waals surface area contributed by atoms with E-state index in [0.717, 1.165) is 38.0 Å². The molecule has 1 aromatic rings. The van der Waals surface area contributed by atoms with E-state index < -0.39 is 17.7 Å². The van der Waals surface area contributed by atoms with Crippen molar-refractivity contribution in [3.8, 4) is 0 Å². The van der Waals surface area contributed by atoms with Gasteiger partial charge in [-0.15, -0.1) is 0 Å². The van der Waals surface area contributed by atoms with Gasteiger partial charge in [-0.3, -0.25) is 4.90 Å². The molecule has 148 valence electrons. The summed E-state index contributed by atoms with van der Waals surface area (Å²) < 4.78 is 11.2. The molecule has 4 rings (SSSR count). The van der Waals surface area contributed by atoms with Crippen molar-refractivity contribution < 1.29 is 19.1 Å². The first-order valence-electron chi connectivity index (χ1n) is 9.76. The molecule has 0 aromatic heterocycles. The fourth-order valence-corrected chi connectivity index (χ4v) is 3.77. The van der Waals surface area contributed by atoms with Crippen LogP contribution in [0.1, 0.15) is 39.2 Å². The Bertz CT molecular complexity index is 648. The minimum absolute atomic E-state index is 0.0845. The molecule has 6 nitrogen and oxygen atoms in total. The second-order valence-corrected chi connectivity index (χ2v) is 8.50. The smallest absolute Gasteiger partial charge is 0.408 e. The van der Waals surface area contributed by atoms with Gasteiger partial charge in [-0.25, -0.2) is 9.59 Å². The van der Waals surface area contributed by atoms with E-state index >= 15 is 0 Å². The zero-order valence-electron chi connectivity index (χ0n) is 16.4. The number of ether oxygens (including phenoxy) is 2. The molecule has 3 aliphatic rings. The summed E-state index contributed by atoms with van der Waals surface area (Å²) in [5.41, 5.74) is 0.339. The molecular formula is C21H30N2O4. The Balaban J connectivity index is 1.66. The van der Waals surface area contributed by atoms with Gasteiger partial charge in [-0.2, -0.15) is 0 Å². The highest BCUT2D eigenvalue weighted by atomic mass is 16.6. The first kappa shape index (κ1) is 19.7. The SMILES string of the molecule is CC(C)(C)OC(=O)N[C@@H](Cc1ccccc1)C(=O)O[C@H]1CN2CCC1CC2. The van der Waals surface area contributed by atoms with Crippen LogP contribution in [0.3, 0.4) is 0 Å². The third-order valence-corrected chi connectivity index (χ3v) is 5.12. The van der Waals surface area contributed by atoms with Gasteiger partial charge in [0.15, 0.2) is 0 Å². The summed E-state index contributed by atoms with van der Waals surface area (Å²) in [6.45, 7) is 8.35. The summed E-state index contributed by atoms with van der Waals surface area (Å²) in [5.74, 6) is 0.0429. The summed E-state index contributed by atoms with van der Waals surface area (Å²) in [6, 6.07) is 8.86. The van der Waals surface area contributed by atoms with E-state index in [4.69, 9.17) is 9.47 Å². The zero-order chi connectivity index (χ0) is 19.4. The van der Waals surface area contributed by atoms with E-state index in [2.05, 4.69) is 10.2 Å². The predicted octanol–water partition coefficient (Wildman–Crippen LogP) is 2.76. The molecule has 2 atom stereocenters. The molecule has 3 saturated heterocycles. The number of amides is 1. The van der Waals surface area contributed by atoms with Crippen molar-refractivity contribution >= 4 is 12.1 Å². The van der Waals surface area contributed by atoms with Crippen molar-refractivity contribution in [2.24, 2.45) is 5.92 Å². The van der Waals surface area contributed by atoms with Crippen LogP contribution in [0.5, 0.6) is 0 Å². The second kappa shape index (κ2) is 8.30. The third kappa shape index (κ3) is 5.70. The van der Waals surface area contributed by atoms with E-state index in [-0.39, 0.29) is 12.1 Å². The number of esters is 1. The van der Waals surface area contributed by atoms with Crippen molar-refractivity contribution in [2.75, 3.05) is 19.6 Å². The number of benzene rings is 1. The van der Waals surface area contributed by atoms with Crippen LogP contribution in [0.15, 0.2) is 30.3 Å². The van der Waals surface area contributed by atoms with Crippen LogP contribution in [-0.4, -0.2) is 54.3 Å². The van der Waals surface area contributed by atoms with Crippen LogP contribution in [0, 0.1) is 5.92 Å². The lowest BCUT2D eigenvalue weighted by atomic mass is 9.86. The number of nitrogens with one attached hydrogen (secondary N) is 1. The normalized spacial score (nSPS) is 25.5. The summed E-state index contributed by atoms with van der Waals surface area (Å²) >= 11 is 0. The van der Waals surface area contributed by atoms with Crippen molar-refractivity contribution in [1.82, 2.24) is 10.2 Å². The maximum atomic E-state index is 12.9. The highest BCUT2D eigenvalue weighted by molar-refractivity contribution is 5.82. The molecule has 1 N–H and O–H groups in total. The van der Waals surface area contributed by atoms with E-state index in [0.29, 0.717) is 12.3 Å². The summed E-state index contributed by atoms with van der Waals surface area (Å²) in [5, 5.41) is 2.71. The fraction of sp³-hybridized carbons (Fsp3) is 0.619. The standard InChI is InChI=1S/C21H30N2O4/c1-21(2,3)27-20(25)22-17(13-15-7-5-4-6-8-15)19(24)26-18-14-23-11-9-16(18)10-12-23/h4-8,16-18H,9-14H2,1-3H3,(H,22,25)/t17-,18-/m0/s1. The molecule has 3 heterocycles. The molecule has 0 spiro atoms. The van der Waals surface area contributed by atoms with E-state index in [9.17, 15) is 9.59 Å². The van der Waals surface area contributed by atoms with Crippen LogP contribution in [0.4, 0.5) is 4.79 Å². The molecule has 1 aromatic carbocycles. The number of piperidine rings is 3. The van der Waals surface area contributed by atoms with E-state index in [1.165, 1.54) is 0 Å². The second-order valence-electron chi connectivity index (χ2n) is 8.50. The number of carbonyl (C=O) groups is 2. The van der Waals surface area contributed by atoms with Gasteiger partial charge >= 0.3 is 12.1 Å². The Hall–Kier alpha value is -2.08. The molecule has 27 heavy (non-hydrogen) atoms. The van der Waals surface area contributed by atoms with Crippen molar-refractivity contribution in [2.45, 2.75) is 57.8 Å². The largest absolute Gasteiger partial charge is 0.459 e. The summed E-state index contributed by atoms with van der Waals surface area (Å²) in [4.78, 5) is 27.5. The van der Waals surface area contributed by atoms with E-state index in [1.807, 2.05) is 30.3 Å².